The third-order valence-electron chi connectivity index (χ3n) is 14.2. The fraction of sp³-hybridized carbons (Fsp3) is 0.155. The molecule has 0 aliphatic carbocycles. The molecule has 9 aromatic carbocycles. The molecule has 0 amide bonds. The van der Waals surface area contributed by atoms with E-state index in [-0.39, 0.29) is 0 Å². The lowest BCUT2D eigenvalue weighted by Crippen LogP contribution is -2.75. The van der Waals surface area contributed by atoms with Gasteiger partial charge in [0.05, 0.1) is 44.5 Å². The van der Waals surface area contributed by atoms with Gasteiger partial charge < -0.3 is 0 Å². The van der Waals surface area contributed by atoms with Gasteiger partial charge in [-0.3, -0.25) is 0 Å². The molecule has 0 saturated heterocycles. The number of benzene rings is 9. The van der Waals surface area contributed by atoms with E-state index in [0.29, 0.717) is 0 Å². The van der Waals surface area contributed by atoms with Crippen LogP contribution in [0.5, 0.6) is 0 Å². The molecule has 1 aromatic heterocycles. The van der Waals surface area contributed by atoms with Crippen LogP contribution in [0.3, 0.4) is 0 Å². The monoisotopic (exact) mass is 1210 g/mol. The molecule has 0 atom stereocenters. The molecule has 0 N–H and O–H groups in total. The Bertz CT molecular complexity index is 3660. The maximum atomic E-state index is 14.2. The first-order valence-corrected chi connectivity index (χ1v) is 24.0. The van der Waals surface area contributed by atoms with Crippen molar-refractivity contribution in [1.82, 2.24) is 0 Å². The molecule has 1 nitrogen and oxygen atoms in total. The Kier molecular flexibility index (Phi) is 14.8. The minimum absolute atomic E-state index is 0.691. The lowest BCUT2D eigenvalue weighted by atomic mass is 9.12. The zero-order valence-corrected chi connectivity index (χ0v) is 41.5. The van der Waals surface area contributed by atoms with Gasteiger partial charge in [0.25, 0.3) is 0 Å². The van der Waals surface area contributed by atoms with Crippen LogP contribution in [0.1, 0.15) is 50.1 Å². The normalized spacial score (nSPS) is 13.5. The molecule has 0 unspecified atom stereocenters. The summed E-state index contributed by atoms with van der Waals surface area (Å²) in [6.07, 6.45) is -52.6. The van der Waals surface area contributed by atoms with Gasteiger partial charge in [-0.25, -0.2) is 0 Å². The highest BCUT2D eigenvalue weighted by Gasteiger charge is 2.47. The van der Waals surface area contributed by atoms with Crippen LogP contribution in [-0.2, 0) is 56.0 Å². The summed E-state index contributed by atoms with van der Waals surface area (Å²) < 4.78 is 343. The van der Waals surface area contributed by atoms with Crippen LogP contribution in [0.4, 0.5) is 105 Å². The number of hydrogen-bond donors (Lipinski definition) is 0. The van der Waals surface area contributed by atoms with Gasteiger partial charge in [0, 0.05) is 23.1 Å². The van der Waals surface area contributed by atoms with Gasteiger partial charge in [0.15, 0.2) is 12.7 Å². The molecule has 0 bridgehead atoms. The van der Waals surface area contributed by atoms with E-state index in [4.69, 9.17) is 0 Å². The molecule has 0 spiro atoms. The first kappa shape index (κ1) is 60.4. The average molecular weight is 1210 g/mol. The SMILES string of the molecule is FC(F)(F)c1cc([B-](c2cc(C(F)(F)F)cc(C(F)(F)F)c2)(c2cc(C(F)(F)F)cc(C(F)(F)F)c2)c2cc(C(F)(F)F)cc(C(F)(F)F)c2)cc(C(F)(F)F)c1.c1cc2ccc3ccc(C[n+]4cccc5ccccc54)c4ccc(c1)c2c34. The molecule has 10 rings (SSSR count). The maximum Gasteiger partial charge on any atom is 0.416 e. The standard InChI is InChI=1S/C32H12BF24.C26H18N/c34-25(35,36)13-1-14(26(37,38)39)6-21(5-13)33(22-7-15(27(40,41)42)2-16(8-22)28(43,44)45,23-9-17(29(46,47)48)3-18(10-23)30(49,50)51)24-11-19(31(52,53)54)4-20(12-24)32(55,56)57;1-2-9-24-18(5-1)8-4-16-27(24)17-22-13-12-21-11-10-19-6-3-7-20-14-15-23(22)26(21)25(19)20/h1-12H;1-16H,17H2/q-1;+1. The second-order valence-corrected chi connectivity index (χ2v) is 19.5. The first-order valence-electron chi connectivity index (χ1n) is 24.0. The number of rotatable bonds is 6. The van der Waals surface area contributed by atoms with Gasteiger partial charge in [-0.15, -0.1) is 0 Å². The number of halogens is 24. The quantitative estimate of drug-likeness (QED) is 0.0676. The second kappa shape index (κ2) is 20.6. The van der Waals surface area contributed by atoms with Crippen molar-refractivity contribution in [2.45, 2.75) is 56.0 Å². The maximum absolute atomic E-state index is 14.2. The number of alkyl halides is 24. The summed E-state index contributed by atoms with van der Waals surface area (Å²) in [5.41, 5.74) is -27.6. The average Bonchev–Trinajstić information content (AvgIpc) is 0.935. The Morgan fingerprint density at radius 2 is 0.560 bits per heavy atom. The van der Waals surface area contributed by atoms with Gasteiger partial charge >= 0.3 is 49.4 Å². The molecule has 1 heterocycles. The van der Waals surface area contributed by atoms with Gasteiger partial charge in [-0.2, -0.15) is 132 Å². The molecule has 84 heavy (non-hydrogen) atoms. The van der Waals surface area contributed by atoms with E-state index >= 15 is 0 Å². The number of pyridine rings is 1. The first-order chi connectivity index (χ1) is 38.6. The molecule has 0 saturated carbocycles. The summed E-state index contributed by atoms with van der Waals surface area (Å²) in [4.78, 5) is 0. The summed E-state index contributed by atoms with van der Waals surface area (Å²) in [7, 11) is 0. The van der Waals surface area contributed by atoms with Crippen molar-refractivity contribution in [3.8, 4) is 0 Å². The van der Waals surface area contributed by atoms with Crippen LogP contribution >= 0.6 is 0 Å². The van der Waals surface area contributed by atoms with Crippen molar-refractivity contribution in [3.63, 3.8) is 0 Å². The molecule has 0 aliphatic rings. The smallest absolute Gasteiger partial charge is 0.194 e. The Morgan fingerprint density at radius 3 is 0.905 bits per heavy atom. The van der Waals surface area contributed by atoms with Crippen molar-refractivity contribution < 1.29 is 110 Å². The number of nitrogens with zero attached hydrogens (tertiary/aromatic N) is 1. The Balaban J connectivity index is 0.000000256. The molecule has 10 aromatic rings. The van der Waals surface area contributed by atoms with E-state index in [1.165, 1.54) is 48.8 Å². The highest BCUT2D eigenvalue weighted by Crippen LogP contribution is 2.42. The van der Waals surface area contributed by atoms with Crippen LogP contribution in [0, 0.1) is 0 Å². The van der Waals surface area contributed by atoms with Crippen LogP contribution in [0.25, 0.3) is 43.2 Å². The minimum atomic E-state index is -6.13. The molecule has 0 aliphatic heterocycles. The van der Waals surface area contributed by atoms with E-state index in [0.717, 1.165) is 6.54 Å². The molecule has 438 valence electrons. The van der Waals surface area contributed by atoms with Crippen LogP contribution in [-0.4, -0.2) is 6.15 Å². The van der Waals surface area contributed by atoms with Crippen molar-refractivity contribution in [2.24, 2.45) is 0 Å². The molecule has 0 radical (unpaired) electrons. The Hall–Kier alpha value is -8.19. The summed E-state index contributed by atoms with van der Waals surface area (Å²) in [6.45, 7) is 0.871. The fourth-order valence-electron chi connectivity index (χ4n) is 10.5. The predicted octanol–water partition coefficient (Wildman–Crippen LogP) is 17.3. The number of para-hydroxylation sites is 1. The van der Waals surface area contributed by atoms with Crippen molar-refractivity contribution in [2.75, 3.05) is 0 Å². The lowest BCUT2D eigenvalue weighted by molar-refractivity contribution is -0.662. The van der Waals surface area contributed by atoms with Gasteiger partial charge in [-0.1, -0.05) is 115 Å². The Morgan fingerprint density at radius 1 is 0.274 bits per heavy atom. The van der Waals surface area contributed by atoms with E-state index in [9.17, 15) is 105 Å². The second-order valence-electron chi connectivity index (χ2n) is 19.5. The molecule has 26 heteroatoms. The zero-order valence-electron chi connectivity index (χ0n) is 41.5. The predicted molar refractivity (Wildman–Crippen MR) is 263 cm³/mol. The Labute approximate surface area is 456 Å². The molecule has 0 fully saturated rings. The third kappa shape index (κ3) is 11.8. The van der Waals surface area contributed by atoms with Crippen molar-refractivity contribution >= 4 is 71.2 Å². The topological polar surface area (TPSA) is 3.88 Å². The lowest BCUT2D eigenvalue weighted by Gasteiger charge is -2.46. The minimum Gasteiger partial charge on any atom is -0.194 e. The van der Waals surface area contributed by atoms with E-state index in [1.54, 1.807) is 0 Å². The summed E-state index contributed by atoms with van der Waals surface area (Å²) >= 11 is 0. The number of hydrogen-bond acceptors (Lipinski definition) is 0. The summed E-state index contributed by atoms with van der Waals surface area (Å²) in [5.74, 6) is 0. The van der Waals surface area contributed by atoms with Crippen LogP contribution in [0.2, 0.25) is 0 Å². The summed E-state index contributed by atoms with van der Waals surface area (Å²) in [6, 6.07) is 24.3. The van der Waals surface area contributed by atoms with Crippen LogP contribution in [0.15, 0.2) is 170 Å². The van der Waals surface area contributed by atoms with E-state index in [2.05, 4.69) is 102 Å². The van der Waals surface area contributed by atoms with Crippen molar-refractivity contribution in [1.29, 1.82) is 0 Å². The van der Waals surface area contributed by atoms with Gasteiger partial charge in [0.1, 0.15) is 6.15 Å². The van der Waals surface area contributed by atoms with Crippen molar-refractivity contribution in [3.05, 3.63) is 220 Å². The highest BCUT2D eigenvalue weighted by atomic mass is 19.4. The summed E-state index contributed by atoms with van der Waals surface area (Å²) in [5, 5.41) is 9.37. The fourth-order valence-corrected chi connectivity index (χ4v) is 10.5. The van der Waals surface area contributed by atoms with Gasteiger partial charge in [-0.05, 0) is 68.7 Å². The molecular formula is C58H30BF24N. The van der Waals surface area contributed by atoms with E-state index in [1.807, 2.05) is 0 Å². The van der Waals surface area contributed by atoms with Crippen LogP contribution < -0.4 is 26.4 Å². The van der Waals surface area contributed by atoms with E-state index < -0.39 is 195 Å². The number of fused-ring (bicyclic) bond motifs is 1. The highest BCUT2D eigenvalue weighted by molar-refractivity contribution is 7.20. The number of aromatic nitrogens is 1. The third-order valence-corrected chi connectivity index (χ3v) is 14.2. The van der Waals surface area contributed by atoms with Gasteiger partial charge in [0.2, 0.25) is 5.52 Å². The zero-order chi connectivity index (χ0) is 61.7. The molecular weight excluding hydrogens is 1180 g/mol. The largest absolute Gasteiger partial charge is 0.416 e.